The molecule has 2 N–H and O–H groups in total. The van der Waals surface area contributed by atoms with Crippen LogP contribution in [0.4, 0.5) is 0 Å². The molecule has 2 heterocycles. The summed E-state index contributed by atoms with van der Waals surface area (Å²) in [7, 11) is 0. The molecule has 1 aromatic rings. The summed E-state index contributed by atoms with van der Waals surface area (Å²) in [4.78, 5) is 23.0. The molecule has 0 spiro atoms. The lowest BCUT2D eigenvalue weighted by Crippen LogP contribution is -2.34. The molecule has 0 aromatic carbocycles. The maximum atomic E-state index is 12.2. The van der Waals surface area contributed by atoms with Gasteiger partial charge in [0.05, 0.1) is 11.8 Å². The average Bonchev–Trinajstić information content (AvgIpc) is 3.11. The minimum absolute atomic E-state index is 0.202. The molecule has 7 heteroatoms. The first-order chi connectivity index (χ1) is 10.0. The highest BCUT2D eigenvalue weighted by atomic mass is 16.5. The van der Waals surface area contributed by atoms with E-state index in [1.807, 2.05) is 13.8 Å². The molecule has 0 radical (unpaired) electrons. The molecule has 2 unspecified atom stereocenters. The van der Waals surface area contributed by atoms with Gasteiger partial charge in [-0.05, 0) is 32.3 Å². The van der Waals surface area contributed by atoms with Crippen molar-refractivity contribution < 1.29 is 19.4 Å². The third kappa shape index (κ3) is 3.60. The van der Waals surface area contributed by atoms with Gasteiger partial charge in [-0.15, -0.1) is 0 Å². The van der Waals surface area contributed by atoms with E-state index in [2.05, 4.69) is 10.4 Å². The van der Waals surface area contributed by atoms with E-state index in [9.17, 15) is 9.59 Å². The maximum absolute atomic E-state index is 12.2. The van der Waals surface area contributed by atoms with Gasteiger partial charge in [0.2, 0.25) is 0 Å². The molecular weight excluding hydrogens is 274 g/mol. The van der Waals surface area contributed by atoms with Crippen LogP contribution in [0, 0.1) is 0 Å². The summed E-state index contributed by atoms with van der Waals surface area (Å²) in [6, 6.07) is 1.79. The molecule has 1 fully saturated rings. The Hall–Kier alpha value is -1.89. The van der Waals surface area contributed by atoms with Gasteiger partial charge in [0, 0.05) is 13.1 Å². The van der Waals surface area contributed by atoms with Crippen molar-refractivity contribution in [2.45, 2.75) is 51.9 Å². The van der Waals surface area contributed by atoms with Gasteiger partial charge in [0.15, 0.2) is 6.10 Å². The van der Waals surface area contributed by atoms with Crippen LogP contribution in [-0.2, 0) is 22.5 Å². The van der Waals surface area contributed by atoms with Crippen LogP contribution in [-0.4, -0.2) is 45.5 Å². The zero-order valence-electron chi connectivity index (χ0n) is 12.3. The van der Waals surface area contributed by atoms with Crippen molar-refractivity contribution in [1.82, 2.24) is 15.1 Å². The van der Waals surface area contributed by atoms with Crippen molar-refractivity contribution >= 4 is 11.9 Å². The average molecular weight is 295 g/mol. The van der Waals surface area contributed by atoms with Crippen molar-refractivity contribution in [2.75, 3.05) is 6.54 Å². The van der Waals surface area contributed by atoms with Gasteiger partial charge in [0.1, 0.15) is 5.69 Å². The van der Waals surface area contributed by atoms with Crippen molar-refractivity contribution in [1.29, 1.82) is 0 Å². The standard InChI is InChI=1S/C14H21N3O4/c1-3-9-7-11(17(4-2)16-9)13(18)15-8-10-5-6-12(21-10)14(19)20/h7,10,12H,3-6,8H2,1-2H3,(H,15,18)(H,19,20). The van der Waals surface area contributed by atoms with Crippen LogP contribution < -0.4 is 5.32 Å². The van der Waals surface area contributed by atoms with Crippen molar-refractivity contribution in [3.05, 3.63) is 17.5 Å². The quantitative estimate of drug-likeness (QED) is 0.810. The monoisotopic (exact) mass is 295 g/mol. The first-order valence-corrected chi connectivity index (χ1v) is 7.28. The first-order valence-electron chi connectivity index (χ1n) is 7.28. The third-order valence-corrected chi connectivity index (χ3v) is 3.60. The molecule has 116 valence electrons. The summed E-state index contributed by atoms with van der Waals surface area (Å²) in [5, 5.41) is 16.0. The summed E-state index contributed by atoms with van der Waals surface area (Å²) >= 11 is 0. The lowest BCUT2D eigenvalue weighted by Gasteiger charge is -2.12. The topological polar surface area (TPSA) is 93.5 Å². The zero-order chi connectivity index (χ0) is 15.4. The van der Waals surface area contributed by atoms with Gasteiger partial charge in [-0.1, -0.05) is 6.92 Å². The molecule has 2 rings (SSSR count). The lowest BCUT2D eigenvalue weighted by molar-refractivity contribution is -0.149. The maximum Gasteiger partial charge on any atom is 0.332 e. The fourth-order valence-electron chi connectivity index (χ4n) is 2.40. The van der Waals surface area contributed by atoms with Gasteiger partial charge < -0.3 is 15.2 Å². The smallest absolute Gasteiger partial charge is 0.332 e. The number of aliphatic carboxylic acids is 1. The summed E-state index contributed by atoms with van der Waals surface area (Å²) in [5.41, 5.74) is 1.41. The second-order valence-electron chi connectivity index (χ2n) is 5.06. The van der Waals surface area contributed by atoms with Crippen LogP contribution in [0.3, 0.4) is 0 Å². The van der Waals surface area contributed by atoms with E-state index in [1.54, 1.807) is 10.7 Å². The molecule has 1 saturated heterocycles. The number of carboxylic acids is 1. The van der Waals surface area contributed by atoms with Gasteiger partial charge in [-0.25, -0.2) is 4.79 Å². The highest BCUT2D eigenvalue weighted by molar-refractivity contribution is 5.92. The molecular formula is C14H21N3O4. The summed E-state index contributed by atoms with van der Waals surface area (Å²) < 4.78 is 7.03. The van der Waals surface area contributed by atoms with E-state index in [-0.39, 0.29) is 12.0 Å². The summed E-state index contributed by atoms with van der Waals surface area (Å²) in [6.45, 7) is 4.87. The van der Waals surface area contributed by atoms with Crippen LogP contribution in [0.15, 0.2) is 6.07 Å². The number of aryl methyl sites for hydroxylation is 2. The highest BCUT2D eigenvalue weighted by Crippen LogP contribution is 2.19. The predicted octanol–water partition coefficient (Wildman–Crippen LogP) is 0.827. The number of nitrogens with zero attached hydrogens (tertiary/aromatic N) is 2. The fraction of sp³-hybridized carbons (Fsp3) is 0.643. The molecule has 1 aliphatic heterocycles. The Morgan fingerprint density at radius 1 is 1.48 bits per heavy atom. The van der Waals surface area contributed by atoms with E-state index in [0.717, 1.165) is 12.1 Å². The van der Waals surface area contributed by atoms with Crippen LogP contribution in [0.5, 0.6) is 0 Å². The van der Waals surface area contributed by atoms with Gasteiger partial charge in [-0.3, -0.25) is 9.48 Å². The van der Waals surface area contributed by atoms with E-state index in [1.165, 1.54) is 0 Å². The lowest BCUT2D eigenvalue weighted by atomic mass is 10.2. The van der Waals surface area contributed by atoms with Gasteiger partial charge in [0.25, 0.3) is 5.91 Å². The number of amides is 1. The van der Waals surface area contributed by atoms with Gasteiger partial charge in [-0.2, -0.15) is 5.10 Å². The number of hydrogen-bond acceptors (Lipinski definition) is 4. The predicted molar refractivity (Wildman–Crippen MR) is 75.1 cm³/mol. The first kappa shape index (κ1) is 15.5. The summed E-state index contributed by atoms with van der Waals surface area (Å²) in [5.74, 6) is -1.15. The van der Waals surface area contributed by atoms with E-state index < -0.39 is 12.1 Å². The largest absolute Gasteiger partial charge is 0.479 e. The second-order valence-corrected chi connectivity index (χ2v) is 5.06. The normalized spacial score (nSPS) is 21.4. The Kier molecular flexibility index (Phi) is 4.95. The van der Waals surface area contributed by atoms with E-state index >= 15 is 0 Å². The number of hydrogen-bond donors (Lipinski definition) is 2. The van der Waals surface area contributed by atoms with Crippen molar-refractivity contribution in [2.24, 2.45) is 0 Å². The molecule has 1 aliphatic rings. The molecule has 1 amide bonds. The Morgan fingerprint density at radius 2 is 2.24 bits per heavy atom. The fourth-order valence-corrected chi connectivity index (χ4v) is 2.40. The Balaban J connectivity index is 1.90. The van der Waals surface area contributed by atoms with Crippen molar-refractivity contribution in [3.8, 4) is 0 Å². The zero-order valence-corrected chi connectivity index (χ0v) is 12.3. The Morgan fingerprint density at radius 3 is 2.81 bits per heavy atom. The number of rotatable bonds is 6. The SMILES string of the molecule is CCc1cc(C(=O)NCC2CCC(C(=O)O)O2)n(CC)n1. The molecule has 0 saturated carbocycles. The Labute approximate surface area is 123 Å². The number of nitrogens with one attached hydrogen (secondary N) is 1. The molecule has 7 nitrogen and oxygen atoms in total. The number of aromatic nitrogens is 2. The number of ether oxygens (including phenoxy) is 1. The molecule has 0 bridgehead atoms. The van der Waals surface area contributed by atoms with Gasteiger partial charge >= 0.3 is 5.97 Å². The number of carbonyl (C=O) groups is 2. The van der Waals surface area contributed by atoms with Crippen LogP contribution in [0.25, 0.3) is 0 Å². The molecule has 2 atom stereocenters. The molecule has 1 aromatic heterocycles. The minimum atomic E-state index is -0.944. The molecule has 0 aliphatic carbocycles. The minimum Gasteiger partial charge on any atom is -0.479 e. The van der Waals surface area contributed by atoms with E-state index in [4.69, 9.17) is 9.84 Å². The second kappa shape index (κ2) is 6.71. The van der Waals surface area contributed by atoms with Crippen LogP contribution in [0.2, 0.25) is 0 Å². The number of carbonyl (C=O) groups excluding carboxylic acids is 1. The van der Waals surface area contributed by atoms with Crippen molar-refractivity contribution in [3.63, 3.8) is 0 Å². The highest BCUT2D eigenvalue weighted by Gasteiger charge is 2.30. The number of carboxylic acid groups (broad SMARTS) is 1. The Bertz CT molecular complexity index is 526. The summed E-state index contributed by atoms with van der Waals surface area (Å²) in [6.07, 6.45) is 0.922. The van der Waals surface area contributed by atoms with E-state index in [0.29, 0.717) is 31.6 Å². The third-order valence-electron chi connectivity index (χ3n) is 3.60. The van der Waals surface area contributed by atoms with Crippen LogP contribution in [0.1, 0.15) is 42.9 Å². The molecule has 21 heavy (non-hydrogen) atoms. The van der Waals surface area contributed by atoms with Crippen LogP contribution >= 0.6 is 0 Å².